The summed E-state index contributed by atoms with van der Waals surface area (Å²) in [7, 11) is 2.26. The smallest absolute Gasteiger partial charge is 0.220 e. The molecule has 1 atom stereocenters. The number of aryl methyl sites for hydroxylation is 1. The van der Waals surface area contributed by atoms with Crippen molar-refractivity contribution in [3.8, 4) is 34.1 Å². The van der Waals surface area contributed by atoms with Crippen LogP contribution in [0.1, 0.15) is 33.3 Å². The number of hydrogen-bond donors (Lipinski definition) is 1. The zero-order chi connectivity index (χ0) is 22.5. The summed E-state index contributed by atoms with van der Waals surface area (Å²) >= 11 is 0. The minimum atomic E-state index is -0.426. The lowest BCUT2D eigenvalue weighted by Crippen LogP contribution is -2.26. The molecular weight excluding hydrogens is 376 g/mol. The summed E-state index contributed by atoms with van der Waals surface area (Å²) in [5.74, 6) is 0.954. The van der Waals surface area contributed by atoms with Crippen molar-refractivity contribution in [1.29, 1.82) is 0 Å². The molecule has 0 radical (unpaired) electrons. The molecule has 3 rings (SSSR count). The van der Waals surface area contributed by atoms with Crippen molar-refractivity contribution in [2.75, 3.05) is 28.4 Å². The van der Waals surface area contributed by atoms with Gasteiger partial charge >= 0.3 is 0 Å². The number of rotatable bonds is 5. The predicted molar refractivity (Wildman–Crippen MR) is 109 cm³/mol. The quantitative estimate of drug-likeness (QED) is 0.824. The minimum absolute atomic E-state index is 0.0367. The van der Waals surface area contributed by atoms with E-state index in [0.717, 1.165) is 5.56 Å². The highest BCUT2D eigenvalue weighted by Gasteiger charge is 2.29. The van der Waals surface area contributed by atoms with E-state index in [0.29, 0.717) is 46.8 Å². The van der Waals surface area contributed by atoms with Crippen molar-refractivity contribution in [1.82, 2.24) is 5.32 Å². The van der Waals surface area contributed by atoms with Crippen LogP contribution < -0.4 is 29.7 Å². The molecule has 1 amide bonds. The summed E-state index contributed by atoms with van der Waals surface area (Å²) in [5.41, 5.74) is 2.39. The highest BCUT2D eigenvalue weighted by molar-refractivity contribution is 5.83. The molecule has 2 aromatic carbocycles. The van der Waals surface area contributed by atoms with Crippen molar-refractivity contribution in [3.05, 3.63) is 45.6 Å². The second kappa shape index (κ2) is 8.43. The topological polar surface area (TPSA) is 83.1 Å². The van der Waals surface area contributed by atoms with Crippen molar-refractivity contribution in [2.24, 2.45) is 0 Å². The molecule has 0 aliphatic heterocycles. The Balaban J connectivity index is 2.40. The number of carbonyl (C=O) groups is 1. The van der Waals surface area contributed by atoms with Crippen LogP contribution in [0.5, 0.6) is 23.0 Å². The van der Waals surface area contributed by atoms with E-state index in [2.05, 4.69) is 5.32 Å². The third-order valence-electron chi connectivity index (χ3n) is 4.97. The number of benzene rings is 1. The molecule has 154 valence electrons. The number of nitrogens with one attached hydrogen (secondary N) is 1. The molecule has 1 aliphatic rings. The minimum Gasteiger partial charge on any atom is -0.493 e. The lowest BCUT2D eigenvalue weighted by Gasteiger charge is -2.19. The lowest BCUT2D eigenvalue weighted by molar-refractivity contribution is -0.119. The molecule has 7 heteroatoms. The maximum absolute atomic E-state index is 12.7. The SMILES string of the molecule is [3H]COc1c(OC)c(OC)cc2c1-c1ccc(OC[3H])c(=O)cc1[C@@H](NC(C)=O)[14CH2]C2. The largest absolute Gasteiger partial charge is 0.493 e. The number of hydrogen-bond acceptors (Lipinski definition) is 6. The average molecular weight is 405 g/mol. The van der Waals surface area contributed by atoms with E-state index in [9.17, 15) is 9.59 Å². The number of carbonyl (C=O) groups excluding carboxylic acids is 1. The van der Waals surface area contributed by atoms with Crippen LogP contribution in [0.15, 0.2) is 29.1 Å². The fraction of sp³-hybridized carbons (Fsp3) is 0.364. The van der Waals surface area contributed by atoms with Crippen LogP contribution in [0.2, 0.25) is 0 Å². The van der Waals surface area contributed by atoms with Gasteiger partial charge in [0.15, 0.2) is 17.2 Å². The van der Waals surface area contributed by atoms with Crippen LogP contribution >= 0.6 is 0 Å². The fourth-order valence-electron chi connectivity index (χ4n) is 3.76. The van der Waals surface area contributed by atoms with Crippen LogP contribution in [0.3, 0.4) is 0 Å². The Labute approximate surface area is 172 Å². The normalized spacial score (nSPS) is 15.6. The van der Waals surface area contributed by atoms with Gasteiger partial charge in [-0.15, -0.1) is 0 Å². The molecule has 1 N–H and O–H groups in total. The molecule has 0 aromatic heterocycles. The molecule has 1 aliphatic carbocycles. The summed E-state index contributed by atoms with van der Waals surface area (Å²) in [5, 5.41) is 2.92. The molecule has 0 unspecified atom stereocenters. The van der Waals surface area contributed by atoms with Crippen molar-refractivity contribution >= 4 is 5.91 Å². The summed E-state index contributed by atoms with van der Waals surface area (Å²) in [6.07, 6.45) is 1.10. The molecule has 29 heavy (non-hydrogen) atoms. The number of amides is 1. The van der Waals surface area contributed by atoms with Crippen LogP contribution in [0, 0.1) is 0 Å². The third-order valence-corrected chi connectivity index (χ3v) is 4.97. The highest BCUT2D eigenvalue weighted by atomic mass is 16.5. The van der Waals surface area contributed by atoms with Crippen molar-refractivity contribution < 1.29 is 26.5 Å². The molecule has 7 nitrogen and oxygen atoms in total. The Bertz CT molecular complexity index is 1040. The fourth-order valence-corrected chi connectivity index (χ4v) is 3.76. The Morgan fingerprint density at radius 2 is 1.90 bits per heavy atom. The third kappa shape index (κ3) is 3.72. The highest BCUT2D eigenvalue weighted by Crippen LogP contribution is 2.50. The number of ether oxygens (including phenoxy) is 4. The Morgan fingerprint density at radius 1 is 1.10 bits per heavy atom. The van der Waals surface area contributed by atoms with Gasteiger partial charge in [0, 0.05) is 12.5 Å². The van der Waals surface area contributed by atoms with Gasteiger partial charge in [0.1, 0.15) is 0 Å². The van der Waals surface area contributed by atoms with E-state index in [1.54, 1.807) is 6.07 Å². The van der Waals surface area contributed by atoms with E-state index in [-0.39, 0.29) is 18.7 Å². The zero-order valence-corrected chi connectivity index (χ0v) is 16.7. The molecule has 0 saturated carbocycles. The maximum Gasteiger partial charge on any atom is 0.220 e. The van der Waals surface area contributed by atoms with Crippen LogP contribution in [0.25, 0.3) is 11.1 Å². The lowest BCUT2D eigenvalue weighted by atomic mass is 9.95. The van der Waals surface area contributed by atoms with E-state index in [4.69, 9.17) is 21.7 Å². The number of methoxy groups -OCH3 is 4. The van der Waals surface area contributed by atoms with Gasteiger partial charge in [0.05, 0.1) is 37.2 Å². The standard InChI is InChI=1S/C22H25NO6/c1-12(24)23-16-8-6-13-10-19(27-3)21(28-4)22(29-5)20(13)14-7-9-18(26-2)17(25)11-15(14)16/h7,9-11,16H,6,8H2,1-5H3,(H,23,24)/t16-/m0/s1/i2T,5T,8+2. The average Bonchev–Trinajstić information content (AvgIpc) is 2.98. The second-order valence-electron chi connectivity index (χ2n) is 6.63. The van der Waals surface area contributed by atoms with Gasteiger partial charge < -0.3 is 24.3 Å². The first-order valence-electron chi connectivity index (χ1n) is 10.4. The van der Waals surface area contributed by atoms with Gasteiger partial charge in [-0.05, 0) is 47.7 Å². The van der Waals surface area contributed by atoms with E-state index in [1.165, 1.54) is 33.3 Å². The van der Waals surface area contributed by atoms with Gasteiger partial charge in [-0.1, -0.05) is 6.07 Å². The number of fused-ring (bicyclic) bond motifs is 3. The first-order chi connectivity index (χ1) is 14.9. The first-order valence-corrected chi connectivity index (χ1v) is 9.02. The van der Waals surface area contributed by atoms with Crippen LogP contribution in [-0.4, -0.2) is 34.3 Å². The first kappa shape index (κ1) is 17.8. The molecule has 0 fully saturated rings. The van der Waals surface area contributed by atoms with Gasteiger partial charge in [0.25, 0.3) is 0 Å². The molecule has 0 heterocycles. The summed E-state index contributed by atoms with van der Waals surface area (Å²) in [6, 6.07) is 6.07. The van der Waals surface area contributed by atoms with Crippen LogP contribution in [-0.2, 0) is 11.2 Å². The van der Waals surface area contributed by atoms with Gasteiger partial charge in [0.2, 0.25) is 17.1 Å². The van der Waals surface area contributed by atoms with Crippen LogP contribution in [0.4, 0.5) is 0 Å². The van der Waals surface area contributed by atoms with Gasteiger partial charge in [-0.25, -0.2) is 0 Å². The van der Waals surface area contributed by atoms with Crippen molar-refractivity contribution in [3.63, 3.8) is 0 Å². The van der Waals surface area contributed by atoms with E-state index in [1.807, 2.05) is 6.07 Å². The molecule has 2 aromatic rings. The van der Waals surface area contributed by atoms with E-state index < -0.39 is 18.6 Å². The Kier molecular flexibility index (Phi) is 5.19. The van der Waals surface area contributed by atoms with Crippen molar-refractivity contribution in [2.45, 2.75) is 25.8 Å². The maximum atomic E-state index is 12.7. The summed E-state index contributed by atoms with van der Waals surface area (Å²) in [6.45, 7) is 1.42. The molecular formula is C22H25NO6. The van der Waals surface area contributed by atoms with Gasteiger partial charge in [-0.3, -0.25) is 9.59 Å². The van der Waals surface area contributed by atoms with Gasteiger partial charge in [-0.2, -0.15) is 0 Å². The zero-order valence-electron chi connectivity index (χ0n) is 18.7. The summed E-state index contributed by atoms with van der Waals surface area (Å²) < 4.78 is 36.8. The monoisotopic (exact) mass is 405 g/mol. The Morgan fingerprint density at radius 3 is 2.55 bits per heavy atom. The second-order valence-corrected chi connectivity index (χ2v) is 6.63. The molecule has 0 saturated heterocycles. The molecule has 0 bridgehead atoms. The Hall–Kier alpha value is -3.22. The predicted octanol–water partition coefficient (Wildman–Crippen LogP) is 2.87. The summed E-state index contributed by atoms with van der Waals surface area (Å²) in [4.78, 5) is 24.6. The van der Waals surface area contributed by atoms with E-state index >= 15 is 0 Å². The molecule has 0 spiro atoms.